The van der Waals surface area contributed by atoms with E-state index >= 15 is 0 Å². The molecule has 4 nitrogen and oxygen atoms in total. The summed E-state index contributed by atoms with van der Waals surface area (Å²) in [6.07, 6.45) is 43.9. The molecule has 246 valence electrons. The summed E-state index contributed by atoms with van der Waals surface area (Å²) >= 11 is 0. The molecule has 0 aromatic rings. The first-order valence-electron chi connectivity index (χ1n) is 18.3. The van der Waals surface area contributed by atoms with Gasteiger partial charge in [-0.25, -0.2) is 8.42 Å². The second-order valence-electron chi connectivity index (χ2n) is 12.7. The second-order valence-corrected chi connectivity index (χ2v) is 13.7. The molecule has 0 amide bonds. The first-order chi connectivity index (χ1) is 20.0. The third-order valence-electron chi connectivity index (χ3n) is 8.49. The third kappa shape index (κ3) is 39.3. The van der Waals surface area contributed by atoms with Crippen LogP contribution in [0.2, 0.25) is 0 Å². The molecule has 6 heteroatoms. The molecule has 1 atom stereocenters. The fourth-order valence-corrected chi connectivity index (χ4v) is 6.09. The minimum atomic E-state index is -4.62. The van der Waals surface area contributed by atoms with Gasteiger partial charge in [0.25, 0.3) is 0 Å². The van der Waals surface area contributed by atoms with Crippen molar-refractivity contribution in [1.29, 1.82) is 0 Å². The van der Waals surface area contributed by atoms with Crippen molar-refractivity contribution in [3.8, 4) is 0 Å². The Hall–Kier alpha value is 1.25. The molecule has 0 N–H and O–H groups in total. The summed E-state index contributed by atoms with van der Waals surface area (Å²) in [4.78, 5) is 0. The van der Waals surface area contributed by atoms with Gasteiger partial charge in [-0.3, -0.25) is 4.18 Å². The van der Waals surface area contributed by atoms with Gasteiger partial charge in [-0.15, -0.1) is 0 Å². The summed E-state index contributed by atoms with van der Waals surface area (Å²) in [5, 5.41) is 0. The van der Waals surface area contributed by atoms with Crippen LogP contribution in [0.25, 0.3) is 0 Å². The van der Waals surface area contributed by atoms with Crippen LogP contribution in [0, 0.1) is 5.92 Å². The molecular formula is C36H71KO4S. The Morgan fingerprint density at radius 2 is 0.833 bits per heavy atom. The SMILES string of the molecule is CCCCCCCCCCCCCCCCC/C=C/C(CCCCCCCCCCCCCCC)COS(=O)(=O)[O-].[K+]. The zero-order chi connectivity index (χ0) is 30.1. The Bertz CT molecular complexity index is 638. The fourth-order valence-electron chi connectivity index (χ4n) is 5.75. The van der Waals surface area contributed by atoms with E-state index in [0.717, 1.165) is 19.3 Å². The van der Waals surface area contributed by atoms with Gasteiger partial charge >= 0.3 is 51.4 Å². The number of rotatable bonds is 34. The standard InChI is InChI=1S/C36H72O4S.K/c1-3-5-7-9-11-13-15-17-18-19-20-22-24-26-28-30-32-34-36(35-40-41(37,38)39)33-31-29-27-25-23-21-16-14-12-10-8-6-4-2;/h32,34,36H,3-31,33,35H2,1-2H3,(H,37,38,39);/q;+1/p-1/b34-32+;. The molecule has 42 heavy (non-hydrogen) atoms. The predicted molar refractivity (Wildman–Crippen MR) is 178 cm³/mol. The van der Waals surface area contributed by atoms with E-state index in [1.54, 1.807) is 0 Å². The smallest absolute Gasteiger partial charge is 0.726 e. The Labute approximate surface area is 307 Å². The van der Waals surface area contributed by atoms with Crippen LogP contribution >= 0.6 is 0 Å². The Morgan fingerprint density at radius 1 is 0.524 bits per heavy atom. The van der Waals surface area contributed by atoms with Crippen molar-refractivity contribution in [1.82, 2.24) is 0 Å². The summed E-state index contributed by atoms with van der Waals surface area (Å²) < 4.78 is 37.5. The number of allylic oxidation sites excluding steroid dienone is 1. The normalized spacial score (nSPS) is 12.6. The molecule has 0 aliphatic heterocycles. The molecule has 0 spiro atoms. The Morgan fingerprint density at radius 3 is 1.17 bits per heavy atom. The van der Waals surface area contributed by atoms with E-state index in [9.17, 15) is 13.0 Å². The zero-order valence-corrected chi connectivity index (χ0v) is 32.6. The average molecular weight is 639 g/mol. The van der Waals surface area contributed by atoms with Crippen LogP contribution < -0.4 is 51.4 Å². The molecule has 0 rings (SSSR count). The van der Waals surface area contributed by atoms with Gasteiger partial charge in [-0.05, 0) is 19.3 Å². The van der Waals surface area contributed by atoms with E-state index in [0.29, 0.717) is 0 Å². The molecular weight excluding hydrogens is 568 g/mol. The minimum Gasteiger partial charge on any atom is -0.726 e. The summed E-state index contributed by atoms with van der Waals surface area (Å²) in [6.45, 7) is 4.53. The summed E-state index contributed by atoms with van der Waals surface area (Å²) in [6, 6.07) is 0. The molecule has 0 heterocycles. The molecule has 0 aliphatic rings. The van der Waals surface area contributed by atoms with E-state index in [4.69, 9.17) is 0 Å². The summed E-state index contributed by atoms with van der Waals surface area (Å²) in [7, 11) is -4.62. The topological polar surface area (TPSA) is 66.4 Å². The van der Waals surface area contributed by atoms with Crippen LogP contribution in [-0.2, 0) is 14.6 Å². The van der Waals surface area contributed by atoms with E-state index in [1.807, 2.05) is 0 Å². The number of hydrogen-bond acceptors (Lipinski definition) is 4. The van der Waals surface area contributed by atoms with Gasteiger partial charge in [-0.2, -0.15) is 0 Å². The van der Waals surface area contributed by atoms with Crippen LogP contribution in [-0.4, -0.2) is 19.6 Å². The number of unbranched alkanes of at least 4 members (excludes halogenated alkanes) is 27. The molecule has 0 saturated carbocycles. The molecule has 0 aromatic heterocycles. The van der Waals surface area contributed by atoms with E-state index in [2.05, 4.69) is 30.2 Å². The largest absolute Gasteiger partial charge is 1.00 e. The number of hydrogen-bond donors (Lipinski definition) is 0. The van der Waals surface area contributed by atoms with E-state index in [-0.39, 0.29) is 63.9 Å². The Kier molecular flexibility index (Phi) is 39.7. The summed E-state index contributed by atoms with van der Waals surface area (Å²) in [5.74, 6) is 0.0165. The Balaban J connectivity index is 0. The van der Waals surface area contributed by atoms with Crippen molar-refractivity contribution in [2.45, 2.75) is 206 Å². The maximum absolute atomic E-state index is 11.0. The van der Waals surface area contributed by atoms with Gasteiger partial charge in [0, 0.05) is 5.92 Å². The van der Waals surface area contributed by atoms with Crippen LogP contribution in [0.15, 0.2) is 12.2 Å². The molecule has 1 unspecified atom stereocenters. The molecule has 0 saturated heterocycles. The molecule has 0 aromatic carbocycles. The molecule has 0 fully saturated rings. The van der Waals surface area contributed by atoms with Crippen LogP contribution in [0.5, 0.6) is 0 Å². The van der Waals surface area contributed by atoms with Crippen LogP contribution in [0.1, 0.15) is 206 Å². The first-order valence-corrected chi connectivity index (χ1v) is 19.6. The van der Waals surface area contributed by atoms with Crippen molar-refractivity contribution in [3.05, 3.63) is 12.2 Å². The summed E-state index contributed by atoms with van der Waals surface area (Å²) in [5.41, 5.74) is 0. The van der Waals surface area contributed by atoms with Gasteiger partial charge in [0.1, 0.15) is 0 Å². The molecule has 0 radical (unpaired) electrons. The first kappa shape index (κ1) is 45.4. The van der Waals surface area contributed by atoms with E-state index in [1.165, 1.54) is 173 Å². The average Bonchev–Trinajstić information content (AvgIpc) is 2.94. The minimum absolute atomic E-state index is 0. The fraction of sp³-hybridized carbons (Fsp3) is 0.944. The van der Waals surface area contributed by atoms with Crippen molar-refractivity contribution < 1.29 is 68.5 Å². The van der Waals surface area contributed by atoms with Gasteiger partial charge in [-0.1, -0.05) is 199 Å². The maximum atomic E-state index is 11.0. The second kappa shape index (κ2) is 36.7. The van der Waals surface area contributed by atoms with Crippen molar-refractivity contribution >= 4 is 10.4 Å². The van der Waals surface area contributed by atoms with Crippen LogP contribution in [0.4, 0.5) is 0 Å². The van der Waals surface area contributed by atoms with E-state index < -0.39 is 10.4 Å². The predicted octanol–water partition coefficient (Wildman–Crippen LogP) is 9.38. The molecule has 0 aliphatic carbocycles. The monoisotopic (exact) mass is 638 g/mol. The van der Waals surface area contributed by atoms with Gasteiger partial charge < -0.3 is 4.55 Å². The quantitative estimate of drug-likeness (QED) is 0.0232. The third-order valence-corrected chi connectivity index (χ3v) is 8.91. The van der Waals surface area contributed by atoms with Crippen molar-refractivity contribution in [2.75, 3.05) is 6.61 Å². The zero-order valence-electron chi connectivity index (χ0n) is 28.7. The van der Waals surface area contributed by atoms with Gasteiger partial charge in [0.05, 0.1) is 6.61 Å². The van der Waals surface area contributed by atoms with Crippen molar-refractivity contribution in [3.63, 3.8) is 0 Å². The van der Waals surface area contributed by atoms with Crippen LogP contribution in [0.3, 0.4) is 0 Å². The maximum Gasteiger partial charge on any atom is 1.00 e. The van der Waals surface area contributed by atoms with Gasteiger partial charge in [0.15, 0.2) is 0 Å². The van der Waals surface area contributed by atoms with Crippen molar-refractivity contribution in [2.24, 2.45) is 5.92 Å². The van der Waals surface area contributed by atoms with Gasteiger partial charge in [0.2, 0.25) is 10.4 Å². The molecule has 0 bridgehead atoms.